The van der Waals surface area contributed by atoms with Crippen LogP contribution in [0.5, 0.6) is 0 Å². The Hall–Kier alpha value is -0.0400. The van der Waals surface area contributed by atoms with Crippen molar-refractivity contribution in [2.24, 2.45) is 33.5 Å². The van der Waals surface area contributed by atoms with Gasteiger partial charge in [0.15, 0.2) is 0 Å². The van der Waals surface area contributed by atoms with Gasteiger partial charge in [-0.05, 0) is 66.6 Å². The molecule has 118 valence electrons. The van der Waals surface area contributed by atoms with Crippen LogP contribution in [0, 0.1) is 33.5 Å². The minimum Gasteiger partial charge on any atom is -0.365 e. The van der Waals surface area contributed by atoms with E-state index in [2.05, 4.69) is 34.6 Å². The highest BCUT2D eigenvalue weighted by atomic mass is 16.6. The molecule has 0 amide bonds. The normalized spacial score (nSPS) is 66.4. The van der Waals surface area contributed by atoms with Crippen molar-refractivity contribution in [3.8, 4) is 0 Å². The lowest BCUT2D eigenvalue weighted by Gasteiger charge is -2.58. The second-order valence-electron chi connectivity index (χ2n) is 10.4. The van der Waals surface area contributed by atoms with Gasteiger partial charge in [-0.25, -0.2) is 0 Å². The number of epoxide rings is 1. The van der Waals surface area contributed by atoms with E-state index in [0.717, 1.165) is 11.8 Å². The summed E-state index contributed by atoms with van der Waals surface area (Å²) in [5.74, 6) is 1.80. The highest BCUT2D eigenvalue weighted by Gasteiger charge is 2.91. The molecule has 21 heavy (non-hydrogen) atoms. The molecular formula is C20H32O. The fraction of sp³-hybridized carbons (Fsp3) is 1.00. The highest BCUT2D eigenvalue weighted by molar-refractivity contribution is 5.38. The van der Waals surface area contributed by atoms with Gasteiger partial charge >= 0.3 is 0 Å². The number of ether oxygens (including phenoxy) is 1. The summed E-state index contributed by atoms with van der Waals surface area (Å²) < 4.78 is 6.60. The molecule has 1 heteroatoms. The van der Waals surface area contributed by atoms with Crippen LogP contribution in [0.3, 0.4) is 0 Å². The topological polar surface area (TPSA) is 12.5 Å². The minimum atomic E-state index is 0.258. The van der Waals surface area contributed by atoms with Gasteiger partial charge in [0.1, 0.15) is 5.60 Å². The summed E-state index contributed by atoms with van der Waals surface area (Å²) in [5.41, 5.74) is 2.37. The molecule has 0 aromatic rings. The largest absolute Gasteiger partial charge is 0.365 e. The van der Waals surface area contributed by atoms with Gasteiger partial charge in [-0.1, -0.05) is 41.0 Å². The Balaban J connectivity index is 1.75. The highest BCUT2D eigenvalue weighted by Crippen LogP contribution is 2.90. The molecule has 1 heterocycles. The first-order chi connectivity index (χ1) is 9.77. The first-order valence-electron chi connectivity index (χ1n) is 9.44. The van der Waals surface area contributed by atoms with E-state index in [1.54, 1.807) is 0 Å². The van der Waals surface area contributed by atoms with Crippen LogP contribution in [0.15, 0.2) is 0 Å². The molecule has 5 aliphatic rings. The molecule has 7 atom stereocenters. The van der Waals surface area contributed by atoms with Crippen LogP contribution < -0.4 is 0 Å². The summed E-state index contributed by atoms with van der Waals surface area (Å²) in [4.78, 5) is 0. The Labute approximate surface area is 130 Å². The van der Waals surface area contributed by atoms with E-state index in [1.165, 1.54) is 44.9 Å². The van der Waals surface area contributed by atoms with Crippen LogP contribution in [0.4, 0.5) is 0 Å². The smallest absolute Gasteiger partial charge is 0.106 e. The zero-order chi connectivity index (χ0) is 14.9. The molecular weight excluding hydrogens is 256 g/mol. The zero-order valence-corrected chi connectivity index (χ0v) is 14.6. The van der Waals surface area contributed by atoms with Crippen molar-refractivity contribution < 1.29 is 4.74 Å². The van der Waals surface area contributed by atoms with Crippen molar-refractivity contribution in [2.75, 3.05) is 0 Å². The summed E-state index contributed by atoms with van der Waals surface area (Å²) in [6.45, 7) is 12.8. The van der Waals surface area contributed by atoms with Gasteiger partial charge in [0.05, 0.1) is 6.10 Å². The first-order valence-corrected chi connectivity index (χ1v) is 9.44. The Morgan fingerprint density at radius 1 is 0.905 bits per heavy atom. The number of hydrogen-bond acceptors (Lipinski definition) is 1. The lowest BCUT2D eigenvalue weighted by molar-refractivity contribution is -0.141. The van der Waals surface area contributed by atoms with Crippen LogP contribution in [-0.4, -0.2) is 11.7 Å². The van der Waals surface area contributed by atoms with Crippen molar-refractivity contribution in [3.05, 3.63) is 0 Å². The average Bonchev–Trinajstić information content (AvgIpc) is 2.94. The first kappa shape index (κ1) is 13.4. The maximum Gasteiger partial charge on any atom is 0.106 e. The molecule has 1 aliphatic heterocycles. The summed E-state index contributed by atoms with van der Waals surface area (Å²) >= 11 is 0. The molecule has 4 aliphatic carbocycles. The van der Waals surface area contributed by atoms with Crippen LogP contribution in [0.25, 0.3) is 0 Å². The number of hydrogen-bond donors (Lipinski definition) is 0. The van der Waals surface area contributed by atoms with Crippen molar-refractivity contribution in [2.45, 2.75) is 91.3 Å². The van der Waals surface area contributed by atoms with Crippen LogP contribution in [0.2, 0.25) is 0 Å². The van der Waals surface area contributed by atoms with Gasteiger partial charge in [-0.15, -0.1) is 0 Å². The second kappa shape index (κ2) is 3.25. The SMILES string of the molecule is C[C@@H]1C[C@@]2(C)CC[C@]34CCCC(C)(C)[C@]35O[C@@H]5C[C@]24[C@@H]1C. The predicted octanol–water partition coefficient (Wildman–Crippen LogP) is 5.19. The van der Waals surface area contributed by atoms with Crippen LogP contribution >= 0.6 is 0 Å². The molecule has 4 saturated carbocycles. The van der Waals surface area contributed by atoms with Crippen LogP contribution in [0.1, 0.15) is 79.6 Å². The Kier molecular flexibility index (Phi) is 2.08. The van der Waals surface area contributed by atoms with E-state index in [9.17, 15) is 0 Å². The monoisotopic (exact) mass is 288 g/mol. The van der Waals surface area contributed by atoms with Crippen molar-refractivity contribution in [1.29, 1.82) is 0 Å². The minimum absolute atomic E-state index is 0.258. The molecule has 0 N–H and O–H groups in total. The third-order valence-corrected chi connectivity index (χ3v) is 9.79. The Bertz CT molecular complexity index is 524. The lowest BCUT2D eigenvalue weighted by atomic mass is 9.47. The van der Waals surface area contributed by atoms with Crippen LogP contribution in [-0.2, 0) is 4.74 Å². The fourth-order valence-electron chi connectivity index (χ4n) is 9.18. The van der Waals surface area contributed by atoms with Gasteiger partial charge in [-0.3, -0.25) is 0 Å². The van der Waals surface area contributed by atoms with Crippen molar-refractivity contribution >= 4 is 0 Å². The van der Waals surface area contributed by atoms with Gasteiger partial charge in [0.25, 0.3) is 0 Å². The summed E-state index contributed by atoms with van der Waals surface area (Å²) in [6, 6.07) is 0. The van der Waals surface area contributed by atoms with E-state index in [0.29, 0.717) is 27.8 Å². The van der Waals surface area contributed by atoms with E-state index >= 15 is 0 Å². The summed E-state index contributed by atoms with van der Waals surface area (Å²) in [7, 11) is 0. The third-order valence-electron chi connectivity index (χ3n) is 9.79. The van der Waals surface area contributed by atoms with E-state index in [1.807, 2.05) is 0 Å². The molecule has 1 saturated heterocycles. The molecule has 5 rings (SSSR count). The predicted molar refractivity (Wildman–Crippen MR) is 85.0 cm³/mol. The second-order valence-corrected chi connectivity index (χ2v) is 10.4. The maximum atomic E-state index is 6.60. The molecule has 0 unspecified atom stereocenters. The van der Waals surface area contributed by atoms with Gasteiger partial charge < -0.3 is 4.74 Å². The molecule has 0 bridgehead atoms. The van der Waals surface area contributed by atoms with E-state index < -0.39 is 0 Å². The Morgan fingerprint density at radius 3 is 2.43 bits per heavy atom. The van der Waals surface area contributed by atoms with Gasteiger partial charge in [0, 0.05) is 5.41 Å². The number of rotatable bonds is 0. The summed E-state index contributed by atoms with van der Waals surface area (Å²) in [6.07, 6.45) is 10.7. The third kappa shape index (κ3) is 1.01. The van der Waals surface area contributed by atoms with Crippen molar-refractivity contribution in [1.82, 2.24) is 0 Å². The van der Waals surface area contributed by atoms with Gasteiger partial charge in [-0.2, -0.15) is 0 Å². The molecule has 5 fully saturated rings. The quantitative estimate of drug-likeness (QED) is 0.559. The molecule has 1 nitrogen and oxygen atoms in total. The molecule has 3 spiro atoms. The maximum absolute atomic E-state index is 6.60. The van der Waals surface area contributed by atoms with Crippen molar-refractivity contribution in [3.63, 3.8) is 0 Å². The Morgan fingerprint density at radius 2 is 1.67 bits per heavy atom. The lowest BCUT2D eigenvalue weighted by Crippen LogP contribution is -2.57. The van der Waals surface area contributed by atoms with Gasteiger partial charge in [0.2, 0.25) is 0 Å². The zero-order valence-electron chi connectivity index (χ0n) is 14.6. The standard InChI is InChI=1S/C20H32O/c1-13-11-17(5)9-10-18-8-6-7-16(3,4)20(18)15(21-20)12-19(17,18)14(13)2/h13-15H,6-12H2,1-5H3/t13-,14-,15-,17-,18+,19+,20+/m1/s1. The molecule has 0 aromatic heterocycles. The molecule has 0 aromatic carbocycles. The summed E-state index contributed by atoms with van der Waals surface area (Å²) in [5, 5.41) is 0. The fourth-order valence-corrected chi connectivity index (χ4v) is 9.18. The average molecular weight is 288 g/mol. The molecule has 0 radical (unpaired) electrons. The van der Waals surface area contributed by atoms with E-state index in [-0.39, 0.29) is 5.60 Å². The van der Waals surface area contributed by atoms with E-state index in [4.69, 9.17) is 4.74 Å².